The molecule has 1 rings (SSSR count). The van der Waals surface area contributed by atoms with E-state index in [1.54, 1.807) is 0 Å². The van der Waals surface area contributed by atoms with E-state index in [0.717, 1.165) is 11.8 Å². The lowest BCUT2D eigenvalue weighted by Gasteiger charge is -2.26. The predicted octanol–water partition coefficient (Wildman–Crippen LogP) is 3.41. The lowest BCUT2D eigenvalue weighted by Crippen LogP contribution is -2.17. The summed E-state index contributed by atoms with van der Waals surface area (Å²) >= 11 is 0. The number of rotatable bonds is 0. The van der Waals surface area contributed by atoms with Gasteiger partial charge in [-0.05, 0) is 42.9 Å². The summed E-state index contributed by atoms with van der Waals surface area (Å²) in [7, 11) is 0. The van der Waals surface area contributed by atoms with Crippen molar-refractivity contribution in [2.45, 2.75) is 40.5 Å². The van der Waals surface area contributed by atoms with Crippen molar-refractivity contribution in [3.05, 3.63) is 6.92 Å². The van der Waals surface area contributed by atoms with Crippen LogP contribution in [0, 0.1) is 30.1 Å². The van der Waals surface area contributed by atoms with Gasteiger partial charge in [0.15, 0.2) is 0 Å². The van der Waals surface area contributed by atoms with Crippen LogP contribution in [0.5, 0.6) is 0 Å². The van der Waals surface area contributed by atoms with Crippen LogP contribution in [0.15, 0.2) is 0 Å². The van der Waals surface area contributed by atoms with Crippen LogP contribution in [-0.2, 0) is 0 Å². The third-order valence-corrected chi connectivity index (χ3v) is 3.17. The summed E-state index contributed by atoms with van der Waals surface area (Å²) in [6.07, 6.45) is 2.55. The fraction of sp³-hybridized carbons (Fsp3) is 0.909. The molecule has 0 saturated heterocycles. The highest BCUT2D eigenvalue weighted by atomic mass is 14.4. The highest BCUT2D eigenvalue weighted by Crippen LogP contribution is 2.44. The highest BCUT2D eigenvalue weighted by molar-refractivity contribution is 4.87. The smallest absolute Gasteiger partial charge is 0.0315 e. The van der Waals surface area contributed by atoms with Crippen LogP contribution in [0.2, 0.25) is 0 Å². The van der Waals surface area contributed by atoms with Crippen LogP contribution < -0.4 is 0 Å². The molecule has 1 aliphatic carbocycles. The molecule has 1 saturated carbocycles. The molecule has 1 fully saturated rings. The Hall–Kier alpha value is 0. The van der Waals surface area contributed by atoms with Crippen LogP contribution >= 0.6 is 0 Å². The summed E-state index contributed by atoms with van der Waals surface area (Å²) in [6, 6.07) is 0. The van der Waals surface area contributed by atoms with Crippen molar-refractivity contribution in [3.8, 4) is 0 Å². The van der Waals surface area contributed by atoms with Gasteiger partial charge in [-0.15, -0.1) is 0 Å². The summed E-state index contributed by atoms with van der Waals surface area (Å²) in [6.45, 7) is 15.2. The van der Waals surface area contributed by atoms with E-state index in [1.165, 1.54) is 12.8 Å². The first-order valence-electron chi connectivity index (χ1n) is 4.67. The Balaban J connectivity index is 2.54. The summed E-state index contributed by atoms with van der Waals surface area (Å²) in [5.74, 6) is 2.03. The van der Waals surface area contributed by atoms with Gasteiger partial charge in [0.25, 0.3) is 0 Å². The second-order valence-corrected chi connectivity index (χ2v) is 5.18. The summed E-state index contributed by atoms with van der Waals surface area (Å²) in [5, 5.41) is 0. The minimum atomic E-state index is 0.458. The van der Waals surface area contributed by atoms with Crippen molar-refractivity contribution in [2.24, 2.45) is 23.2 Å². The first-order valence-corrected chi connectivity index (χ1v) is 4.67. The molecule has 3 unspecified atom stereocenters. The normalized spacial score (nSPS) is 39.5. The molecule has 0 heterocycles. The molecule has 0 amide bonds. The molecule has 0 aliphatic heterocycles. The Morgan fingerprint density at radius 3 is 1.91 bits per heavy atom. The minimum Gasteiger partial charge on any atom is -0.0622 e. The molecular formula is C11H20. The van der Waals surface area contributed by atoms with E-state index in [1.807, 2.05) is 0 Å². The predicted molar refractivity (Wildman–Crippen MR) is 49.1 cm³/mol. The van der Waals surface area contributed by atoms with E-state index in [4.69, 9.17) is 6.92 Å². The lowest BCUT2D eigenvalue weighted by molar-refractivity contribution is 0.239. The van der Waals surface area contributed by atoms with Gasteiger partial charge >= 0.3 is 0 Å². The maximum Gasteiger partial charge on any atom is -0.0315 e. The van der Waals surface area contributed by atoms with E-state index in [-0.39, 0.29) is 0 Å². The quantitative estimate of drug-likeness (QED) is 0.499. The molecule has 0 aromatic carbocycles. The molecule has 2 radical (unpaired) electrons. The molecule has 0 spiro atoms. The molecule has 64 valence electrons. The van der Waals surface area contributed by atoms with Crippen molar-refractivity contribution in [1.82, 2.24) is 0 Å². The fourth-order valence-electron chi connectivity index (χ4n) is 1.99. The molecule has 3 atom stereocenters. The number of hydrogen-bond donors (Lipinski definition) is 0. The van der Waals surface area contributed by atoms with Gasteiger partial charge in [0.1, 0.15) is 0 Å². The summed E-state index contributed by atoms with van der Waals surface area (Å²) in [5.41, 5.74) is 0.461. The Morgan fingerprint density at radius 1 is 1.18 bits per heavy atom. The standard InChI is InChI=1S/C11H20/c1-8-6-10(7-9(8)2)11(3,4)5/h1,8-10H,6-7H2,2-5H3. The van der Waals surface area contributed by atoms with Crippen molar-refractivity contribution < 1.29 is 0 Å². The van der Waals surface area contributed by atoms with Crippen LogP contribution in [-0.4, -0.2) is 0 Å². The van der Waals surface area contributed by atoms with Gasteiger partial charge in [-0.3, -0.25) is 0 Å². The third kappa shape index (κ3) is 1.98. The van der Waals surface area contributed by atoms with Crippen LogP contribution in [0.4, 0.5) is 0 Å². The molecule has 0 nitrogen and oxygen atoms in total. The first kappa shape index (κ1) is 9.09. The van der Waals surface area contributed by atoms with Gasteiger partial charge in [0.2, 0.25) is 0 Å². The molecule has 0 bridgehead atoms. The van der Waals surface area contributed by atoms with Crippen LogP contribution in [0.25, 0.3) is 0 Å². The van der Waals surface area contributed by atoms with Gasteiger partial charge < -0.3 is 0 Å². The maximum atomic E-state index is 5.97. The third-order valence-electron chi connectivity index (χ3n) is 3.17. The average Bonchev–Trinajstić information content (AvgIpc) is 2.11. The highest BCUT2D eigenvalue weighted by Gasteiger charge is 2.35. The SMILES string of the molecule is [CH]C1CC(C(C)(C)C)CC1C. The second-order valence-electron chi connectivity index (χ2n) is 5.18. The number of hydrogen-bond acceptors (Lipinski definition) is 0. The van der Waals surface area contributed by atoms with E-state index < -0.39 is 0 Å². The molecular weight excluding hydrogens is 132 g/mol. The largest absolute Gasteiger partial charge is 0.0622 e. The van der Waals surface area contributed by atoms with E-state index >= 15 is 0 Å². The van der Waals surface area contributed by atoms with E-state index in [0.29, 0.717) is 11.3 Å². The fourth-order valence-corrected chi connectivity index (χ4v) is 1.99. The first-order chi connectivity index (χ1) is 4.91. The van der Waals surface area contributed by atoms with Gasteiger partial charge in [0.05, 0.1) is 0 Å². The van der Waals surface area contributed by atoms with Gasteiger partial charge in [-0.2, -0.15) is 0 Å². The monoisotopic (exact) mass is 152 g/mol. The molecule has 0 aromatic heterocycles. The van der Waals surface area contributed by atoms with Crippen molar-refractivity contribution >= 4 is 0 Å². The van der Waals surface area contributed by atoms with Gasteiger partial charge in [0, 0.05) is 0 Å². The Bertz CT molecular complexity index is 119. The molecule has 1 aliphatic rings. The minimum absolute atomic E-state index is 0.458. The van der Waals surface area contributed by atoms with E-state index in [9.17, 15) is 0 Å². The summed E-state index contributed by atoms with van der Waals surface area (Å²) < 4.78 is 0. The van der Waals surface area contributed by atoms with Crippen molar-refractivity contribution in [2.75, 3.05) is 0 Å². The molecule has 11 heavy (non-hydrogen) atoms. The molecule has 0 N–H and O–H groups in total. The maximum absolute atomic E-state index is 5.97. The zero-order valence-electron chi connectivity index (χ0n) is 8.22. The zero-order chi connectivity index (χ0) is 8.65. The Kier molecular flexibility index (Phi) is 2.32. The second kappa shape index (κ2) is 2.80. The summed E-state index contributed by atoms with van der Waals surface area (Å²) in [4.78, 5) is 0. The molecule has 0 heteroatoms. The average molecular weight is 152 g/mol. The van der Waals surface area contributed by atoms with Crippen LogP contribution in [0.3, 0.4) is 0 Å². The van der Waals surface area contributed by atoms with Crippen LogP contribution in [0.1, 0.15) is 40.5 Å². The zero-order valence-corrected chi connectivity index (χ0v) is 8.22. The van der Waals surface area contributed by atoms with Gasteiger partial charge in [-0.1, -0.05) is 27.7 Å². The van der Waals surface area contributed by atoms with Gasteiger partial charge in [-0.25, -0.2) is 0 Å². The Morgan fingerprint density at radius 2 is 1.73 bits per heavy atom. The topological polar surface area (TPSA) is 0 Å². The molecule has 0 aromatic rings. The van der Waals surface area contributed by atoms with Crippen molar-refractivity contribution in [1.29, 1.82) is 0 Å². The Labute approximate surface area is 71.4 Å². The lowest BCUT2D eigenvalue weighted by atomic mass is 9.79. The van der Waals surface area contributed by atoms with Crippen molar-refractivity contribution in [3.63, 3.8) is 0 Å². The van der Waals surface area contributed by atoms with E-state index in [2.05, 4.69) is 27.7 Å².